The Labute approximate surface area is 152 Å². The van der Waals surface area contributed by atoms with Crippen molar-refractivity contribution in [3.8, 4) is 0 Å². The number of nitrogens with zero attached hydrogens (tertiary/aromatic N) is 1. The minimum Gasteiger partial charge on any atom is -0.444 e. The van der Waals surface area contributed by atoms with Gasteiger partial charge >= 0.3 is 6.09 Å². The van der Waals surface area contributed by atoms with Crippen LogP contribution in [0.2, 0.25) is 0 Å². The summed E-state index contributed by atoms with van der Waals surface area (Å²) in [5.74, 6) is 0.981. The smallest absolute Gasteiger partial charge is 0.410 e. The molecule has 1 N–H and O–H groups in total. The van der Waals surface area contributed by atoms with Gasteiger partial charge in [-0.3, -0.25) is 0 Å². The zero-order valence-electron chi connectivity index (χ0n) is 16.0. The number of carbonyl (C=O) groups excluding carboxylic acids is 1. The highest BCUT2D eigenvalue weighted by Gasteiger charge is 2.37. The quantitative estimate of drug-likeness (QED) is 0.829. The molecule has 1 amide bonds. The third kappa shape index (κ3) is 5.50. The first kappa shape index (κ1) is 18.3. The fraction of sp³-hybridized carbons (Fsp3) is 0.650. The summed E-state index contributed by atoms with van der Waals surface area (Å²) in [6.07, 6.45) is 3.45. The maximum atomic E-state index is 12.5. The van der Waals surface area contributed by atoms with E-state index >= 15 is 0 Å². The van der Waals surface area contributed by atoms with E-state index in [9.17, 15) is 4.79 Å². The summed E-state index contributed by atoms with van der Waals surface area (Å²) in [5.41, 5.74) is 2.23. The molecule has 25 heavy (non-hydrogen) atoms. The highest BCUT2D eigenvalue weighted by Crippen LogP contribution is 2.29. The second-order valence-corrected chi connectivity index (χ2v) is 8.78. The van der Waals surface area contributed by atoms with E-state index in [0.717, 1.165) is 26.1 Å². The number of benzene rings is 1. The van der Waals surface area contributed by atoms with Crippen LogP contribution in [0.15, 0.2) is 24.3 Å². The van der Waals surface area contributed by atoms with Gasteiger partial charge in [-0.15, -0.1) is 0 Å². The molecule has 2 aliphatic rings. The van der Waals surface area contributed by atoms with Crippen LogP contribution in [0.25, 0.3) is 0 Å². The predicted molar refractivity (Wildman–Crippen MR) is 104 cm³/mol. The van der Waals surface area contributed by atoms with E-state index in [4.69, 9.17) is 4.74 Å². The standard InChI is InChI=1S/C20H31BN2O2/c1-20(2,3)25-19(24)23-12-15(9-14-5-4-6-17(21)10-14)16(13-23)11-22-18-7-8-18/h4-6,10,15-16,18,22H,7-9,11-13,21H2,1-3H3/t15-,16-/m1/s1. The highest BCUT2D eigenvalue weighted by atomic mass is 16.6. The van der Waals surface area contributed by atoms with Crippen molar-refractivity contribution < 1.29 is 9.53 Å². The molecular weight excluding hydrogens is 311 g/mol. The van der Waals surface area contributed by atoms with Gasteiger partial charge in [0.1, 0.15) is 13.4 Å². The number of likely N-dealkylation sites (tertiary alicyclic amines) is 1. The van der Waals surface area contributed by atoms with Crippen LogP contribution in [-0.2, 0) is 11.2 Å². The van der Waals surface area contributed by atoms with Crippen molar-refractivity contribution in [2.75, 3.05) is 19.6 Å². The van der Waals surface area contributed by atoms with E-state index in [2.05, 4.69) is 37.4 Å². The van der Waals surface area contributed by atoms with Crippen LogP contribution in [0.1, 0.15) is 39.2 Å². The Bertz CT molecular complexity index is 610. The molecule has 1 aromatic rings. The lowest BCUT2D eigenvalue weighted by atomic mass is 9.87. The molecular formula is C20H31BN2O2. The first-order chi connectivity index (χ1) is 11.8. The van der Waals surface area contributed by atoms with Crippen LogP contribution in [0.5, 0.6) is 0 Å². The number of hydrogen-bond donors (Lipinski definition) is 1. The van der Waals surface area contributed by atoms with Crippen molar-refractivity contribution in [2.24, 2.45) is 11.8 Å². The Kier molecular flexibility index (Phi) is 5.42. The van der Waals surface area contributed by atoms with Gasteiger partial charge in [0.05, 0.1) is 0 Å². The molecule has 136 valence electrons. The summed E-state index contributed by atoms with van der Waals surface area (Å²) in [4.78, 5) is 14.4. The van der Waals surface area contributed by atoms with E-state index in [0.29, 0.717) is 17.9 Å². The Balaban J connectivity index is 1.65. The summed E-state index contributed by atoms with van der Waals surface area (Å²) in [6, 6.07) is 9.44. The van der Waals surface area contributed by atoms with Gasteiger partial charge < -0.3 is 15.0 Å². The minimum atomic E-state index is -0.437. The molecule has 0 aromatic heterocycles. The second-order valence-electron chi connectivity index (χ2n) is 8.78. The van der Waals surface area contributed by atoms with Crippen LogP contribution in [0.4, 0.5) is 4.79 Å². The second kappa shape index (κ2) is 7.41. The lowest BCUT2D eigenvalue weighted by Gasteiger charge is -2.24. The van der Waals surface area contributed by atoms with Crippen LogP contribution < -0.4 is 10.8 Å². The van der Waals surface area contributed by atoms with Crippen molar-refractivity contribution >= 4 is 19.4 Å². The molecule has 1 saturated carbocycles. The molecule has 1 aliphatic carbocycles. The number of hydrogen-bond acceptors (Lipinski definition) is 3. The van der Waals surface area contributed by atoms with Crippen molar-refractivity contribution in [1.82, 2.24) is 10.2 Å². The average Bonchev–Trinajstić information content (AvgIpc) is 3.24. The van der Waals surface area contributed by atoms with Gasteiger partial charge in [0.15, 0.2) is 0 Å². The van der Waals surface area contributed by atoms with E-state index in [1.165, 1.54) is 23.9 Å². The van der Waals surface area contributed by atoms with Crippen LogP contribution in [-0.4, -0.2) is 50.1 Å². The number of ether oxygens (including phenoxy) is 1. The number of carbonyl (C=O) groups is 1. The maximum absolute atomic E-state index is 12.5. The molecule has 1 aromatic carbocycles. The monoisotopic (exact) mass is 342 g/mol. The van der Waals surface area contributed by atoms with Crippen LogP contribution in [0.3, 0.4) is 0 Å². The first-order valence-corrected chi connectivity index (χ1v) is 9.57. The van der Waals surface area contributed by atoms with Gasteiger partial charge in [-0.1, -0.05) is 29.7 Å². The summed E-state index contributed by atoms with van der Waals surface area (Å²) < 4.78 is 5.59. The zero-order chi connectivity index (χ0) is 18.0. The van der Waals surface area contributed by atoms with Gasteiger partial charge in [-0.25, -0.2) is 4.79 Å². The van der Waals surface area contributed by atoms with Gasteiger partial charge in [0, 0.05) is 25.7 Å². The molecule has 1 saturated heterocycles. The highest BCUT2D eigenvalue weighted by molar-refractivity contribution is 6.32. The number of rotatable bonds is 5. The van der Waals surface area contributed by atoms with Gasteiger partial charge in [-0.05, 0) is 57.4 Å². The molecule has 0 radical (unpaired) electrons. The topological polar surface area (TPSA) is 41.6 Å². The lowest BCUT2D eigenvalue weighted by molar-refractivity contribution is 0.0284. The molecule has 3 rings (SSSR count). The molecule has 1 aliphatic heterocycles. The van der Waals surface area contributed by atoms with E-state index in [1.54, 1.807) is 0 Å². The fourth-order valence-corrected chi connectivity index (χ4v) is 3.62. The van der Waals surface area contributed by atoms with Gasteiger partial charge in [0.25, 0.3) is 0 Å². The fourth-order valence-electron chi connectivity index (χ4n) is 3.62. The summed E-state index contributed by atoms with van der Waals surface area (Å²) >= 11 is 0. The molecule has 2 fully saturated rings. The average molecular weight is 342 g/mol. The molecule has 0 unspecified atom stereocenters. The summed E-state index contributed by atoms with van der Waals surface area (Å²) in [5, 5.41) is 3.65. The maximum Gasteiger partial charge on any atom is 0.410 e. The van der Waals surface area contributed by atoms with Crippen molar-refractivity contribution in [2.45, 2.75) is 51.7 Å². The SMILES string of the molecule is Bc1cccc(C[C@@H]2CN(C(=O)OC(C)(C)C)C[C@H]2CNC2CC2)c1. The molecule has 0 spiro atoms. The largest absolute Gasteiger partial charge is 0.444 e. The first-order valence-electron chi connectivity index (χ1n) is 9.57. The molecule has 2 atom stereocenters. The number of nitrogens with one attached hydrogen (secondary N) is 1. The zero-order valence-corrected chi connectivity index (χ0v) is 16.0. The molecule has 1 heterocycles. The normalized spacial score (nSPS) is 23.7. The number of amides is 1. The predicted octanol–water partition coefficient (Wildman–Crippen LogP) is 1.72. The van der Waals surface area contributed by atoms with Gasteiger partial charge in [0.2, 0.25) is 0 Å². The van der Waals surface area contributed by atoms with Crippen LogP contribution in [0, 0.1) is 11.8 Å². The summed E-state index contributed by atoms with van der Waals surface area (Å²) in [7, 11) is 2.14. The summed E-state index contributed by atoms with van der Waals surface area (Å²) in [6.45, 7) is 8.37. The van der Waals surface area contributed by atoms with E-state index < -0.39 is 5.60 Å². The minimum absolute atomic E-state index is 0.171. The molecule has 0 bridgehead atoms. The van der Waals surface area contributed by atoms with E-state index in [-0.39, 0.29) is 6.09 Å². The van der Waals surface area contributed by atoms with Crippen LogP contribution >= 0.6 is 0 Å². The Morgan fingerprint density at radius 3 is 2.64 bits per heavy atom. The van der Waals surface area contributed by atoms with E-state index in [1.807, 2.05) is 25.7 Å². The molecule has 5 heteroatoms. The Morgan fingerprint density at radius 2 is 2.00 bits per heavy atom. The Hall–Kier alpha value is -1.49. The third-order valence-electron chi connectivity index (χ3n) is 5.05. The van der Waals surface area contributed by atoms with Crippen molar-refractivity contribution in [3.63, 3.8) is 0 Å². The van der Waals surface area contributed by atoms with Gasteiger partial charge in [-0.2, -0.15) is 0 Å². The Morgan fingerprint density at radius 1 is 1.28 bits per heavy atom. The molecule has 4 nitrogen and oxygen atoms in total. The van der Waals surface area contributed by atoms with Crippen molar-refractivity contribution in [1.29, 1.82) is 0 Å². The third-order valence-corrected chi connectivity index (χ3v) is 5.05. The van der Waals surface area contributed by atoms with Crippen molar-refractivity contribution in [3.05, 3.63) is 29.8 Å². The lowest BCUT2D eigenvalue weighted by Crippen LogP contribution is -2.36.